The molecule has 0 fully saturated rings. The minimum absolute atomic E-state index is 0.0496. The number of nitrogens with one attached hydrogen (secondary N) is 1. The molecule has 1 heterocycles. The van der Waals surface area contributed by atoms with Gasteiger partial charge < -0.3 is 14.7 Å². The van der Waals surface area contributed by atoms with E-state index in [1.54, 1.807) is 6.92 Å². The summed E-state index contributed by atoms with van der Waals surface area (Å²) < 4.78 is 30.7. The Morgan fingerprint density at radius 3 is 2.59 bits per heavy atom. The van der Waals surface area contributed by atoms with Crippen LogP contribution in [-0.2, 0) is 4.79 Å². The molecule has 116 valence electrons. The van der Waals surface area contributed by atoms with Gasteiger partial charge in [-0.3, -0.25) is 9.59 Å². The smallest absolute Gasteiger partial charge is 0.254 e. The molecule has 0 saturated carbocycles. The Hall–Kier alpha value is -2.77. The minimum atomic E-state index is -1.12. The lowest BCUT2D eigenvalue weighted by atomic mass is 10.2. The predicted molar refractivity (Wildman–Crippen MR) is 73.2 cm³/mol. The Kier molecular flexibility index (Phi) is 4.50. The molecule has 0 atom stereocenters. The molecule has 0 bridgehead atoms. The fraction of sp³-hybridized carbons (Fsp3) is 0.214. The van der Waals surface area contributed by atoms with E-state index in [9.17, 15) is 18.4 Å². The van der Waals surface area contributed by atoms with Crippen LogP contribution in [-0.4, -0.2) is 35.5 Å². The molecule has 2 amide bonds. The maximum atomic E-state index is 13.1. The number of carbonyl (C=O) groups is 2. The zero-order chi connectivity index (χ0) is 16.3. The first-order valence-electron chi connectivity index (χ1n) is 6.30. The van der Waals surface area contributed by atoms with Gasteiger partial charge in [0.1, 0.15) is 5.76 Å². The monoisotopic (exact) mass is 309 g/mol. The van der Waals surface area contributed by atoms with Crippen molar-refractivity contribution in [1.82, 2.24) is 10.1 Å². The highest BCUT2D eigenvalue weighted by molar-refractivity contribution is 5.98. The molecule has 0 spiro atoms. The topological polar surface area (TPSA) is 75.4 Å². The number of amides is 2. The molecule has 2 rings (SSSR count). The maximum absolute atomic E-state index is 13.1. The van der Waals surface area contributed by atoms with Crippen LogP contribution in [0.5, 0.6) is 0 Å². The number of hydrogen-bond acceptors (Lipinski definition) is 4. The van der Waals surface area contributed by atoms with Gasteiger partial charge in [0.2, 0.25) is 5.91 Å². The molecule has 22 heavy (non-hydrogen) atoms. The molecule has 1 N–H and O–H groups in total. The van der Waals surface area contributed by atoms with E-state index < -0.39 is 23.4 Å². The molecule has 1 aromatic carbocycles. The van der Waals surface area contributed by atoms with E-state index in [2.05, 4.69) is 10.5 Å². The van der Waals surface area contributed by atoms with Gasteiger partial charge in [0, 0.05) is 18.7 Å². The van der Waals surface area contributed by atoms with Gasteiger partial charge in [-0.25, -0.2) is 8.78 Å². The normalized spacial score (nSPS) is 10.4. The van der Waals surface area contributed by atoms with Crippen LogP contribution in [0.1, 0.15) is 16.1 Å². The molecule has 2 aromatic rings. The van der Waals surface area contributed by atoms with E-state index in [4.69, 9.17) is 4.52 Å². The quantitative estimate of drug-likeness (QED) is 0.937. The number of halogens is 2. The van der Waals surface area contributed by atoms with Crippen molar-refractivity contribution in [2.75, 3.05) is 18.9 Å². The molecular formula is C14H13F2N3O3. The van der Waals surface area contributed by atoms with Gasteiger partial charge in [0.05, 0.1) is 6.54 Å². The summed E-state index contributed by atoms with van der Waals surface area (Å²) >= 11 is 0. The van der Waals surface area contributed by atoms with Gasteiger partial charge in [0.25, 0.3) is 5.91 Å². The largest absolute Gasteiger partial charge is 0.360 e. The lowest BCUT2D eigenvalue weighted by molar-refractivity contribution is -0.116. The molecule has 0 unspecified atom stereocenters. The molecule has 0 radical (unpaired) electrons. The summed E-state index contributed by atoms with van der Waals surface area (Å²) in [7, 11) is 1.37. The minimum Gasteiger partial charge on any atom is -0.360 e. The summed E-state index contributed by atoms with van der Waals surface area (Å²) in [5.41, 5.74) is -0.0496. The number of anilines is 1. The second-order valence-electron chi connectivity index (χ2n) is 4.66. The van der Waals surface area contributed by atoms with Crippen molar-refractivity contribution in [3.05, 3.63) is 47.2 Å². The van der Waals surface area contributed by atoms with Crippen LogP contribution < -0.4 is 5.32 Å². The first-order chi connectivity index (χ1) is 10.4. The second-order valence-corrected chi connectivity index (χ2v) is 4.66. The zero-order valence-electron chi connectivity index (χ0n) is 11.9. The van der Waals surface area contributed by atoms with E-state index in [1.165, 1.54) is 13.1 Å². The molecule has 0 saturated heterocycles. The van der Waals surface area contributed by atoms with Gasteiger partial charge in [-0.15, -0.1) is 0 Å². The molecule has 0 aliphatic carbocycles. The number of carbonyl (C=O) groups excluding carboxylic acids is 2. The number of likely N-dealkylation sites (N-methyl/N-ethyl adjacent to an activating group) is 1. The Bertz CT molecular complexity index is 715. The highest BCUT2D eigenvalue weighted by Crippen LogP contribution is 2.11. The Labute approximate surface area is 124 Å². The van der Waals surface area contributed by atoms with Gasteiger partial charge in [-0.05, 0) is 25.1 Å². The summed E-state index contributed by atoms with van der Waals surface area (Å²) in [6, 6.07) is 4.31. The average Bonchev–Trinajstić information content (AvgIpc) is 2.86. The van der Waals surface area contributed by atoms with Crippen LogP contribution in [0, 0.1) is 18.6 Å². The maximum Gasteiger partial charge on any atom is 0.254 e. The van der Waals surface area contributed by atoms with Crippen molar-refractivity contribution in [2.24, 2.45) is 0 Å². The first kappa shape index (κ1) is 15.6. The van der Waals surface area contributed by atoms with Crippen molar-refractivity contribution < 1.29 is 22.9 Å². The van der Waals surface area contributed by atoms with Gasteiger partial charge in [0.15, 0.2) is 17.5 Å². The van der Waals surface area contributed by atoms with E-state index in [-0.39, 0.29) is 17.9 Å². The average molecular weight is 309 g/mol. The molecule has 6 nitrogen and oxygen atoms in total. The van der Waals surface area contributed by atoms with Gasteiger partial charge >= 0.3 is 0 Å². The summed E-state index contributed by atoms with van der Waals surface area (Å²) in [5.74, 6) is -2.50. The van der Waals surface area contributed by atoms with Crippen molar-refractivity contribution in [3.63, 3.8) is 0 Å². The third-order valence-corrected chi connectivity index (χ3v) is 2.79. The summed E-state index contributed by atoms with van der Waals surface area (Å²) in [6.45, 7) is 1.39. The third-order valence-electron chi connectivity index (χ3n) is 2.79. The Balaban J connectivity index is 1.98. The number of aromatic nitrogens is 1. The predicted octanol–water partition coefficient (Wildman–Crippen LogP) is 1.97. The highest BCUT2D eigenvalue weighted by Gasteiger charge is 2.17. The third kappa shape index (κ3) is 3.66. The first-order valence-corrected chi connectivity index (χ1v) is 6.30. The van der Waals surface area contributed by atoms with Gasteiger partial charge in [-0.2, -0.15) is 0 Å². The van der Waals surface area contributed by atoms with E-state index >= 15 is 0 Å². The SMILES string of the molecule is Cc1cc(NC(=O)CN(C)C(=O)c2ccc(F)c(F)c2)no1. The van der Waals surface area contributed by atoms with Crippen LogP contribution in [0.3, 0.4) is 0 Å². The van der Waals surface area contributed by atoms with Crippen molar-refractivity contribution in [1.29, 1.82) is 0 Å². The highest BCUT2D eigenvalue weighted by atomic mass is 19.2. The van der Waals surface area contributed by atoms with E-state index in [0.29, 0.717) is 5.76 Å². The zero-order valence-corrected chi connectivity index (χ0v) is 11.9. The molecule has 0 aliphatic heterocycles. The number of nitrogens with zero attached hydrogens (tertiary/aromatic N) is 2. The molecule has 1 aromatic heterocycles. The summed E-state index contributed by atoms with van der Waals surface area (Å²) in [6.07, 6.45) is 0. The standard InChI is InChI=1S/C14H13F2N3O3/c1-8-5-12(18-22-8)17-13(20)7-19(2)14(21)9-3-4-10(15)11(16)6-9/h3-6H,7H2,1-2H3,(H,17,18,20). The van der Waals surface area contributed by atoms with Crippen molar-refractivity contribution in [3.8, 4) is 0 Å². The fourth-order valence-electron chi connectivity index (χ4n) is 1.74. The van der Waals surface area contributed by atoms with Crippen molar-refractivity contribution in [2.45, 2.75) is 6.92 Å². The molecule has 0 aliphatic rings. The lowest BCUT2D eigenvalue weighted by Gasteiger charge is -2.16. The van der Waals surface area contributed by atoms with Crippen LogP contribution in [0.15, 0.2) is 28.8 Å². The second kappa shape index (κ2) is 6.33. The van der Waals surface area contributed by atoms with Crippen LogP contribution in [0.25, 0.3) is 0 Å². The van der Waals surface area contributed by atoms with Crippen molar-refractivity contribution >= 4 is 17.6 Å². The summed E-state index contributed by atoms with van der Waals surface area (Å²) in [5, 5.41) is 6.03. The van der Waals surface area contributed by atoms with E-state index in [0.717, 1.165) is 23.1 Å². The lowest BCUT2D eigenvalue weighted by Crippen LogP contribution is -2.35. The number of aryl methyl sites for hydroxylation is 1. The Morgan fingerprint density at radius 1 is 1.27 bits per heavy atom. The Morgan fingerprint density at radius 2 is 2.00 bits per heavy atom. The fourth-order valence-corrected chi connectivity index (χ4v) is 1.74. The van der Waals surface area contributed by atoms with Crippen LogP contribution in [0.4, 0.5) is 14.6 Å². The number of rotatable bonds is 4. The summed E-state index contributed by atoms with van der Waals surface area (Å²) in [4.78, 5) is 24.9. The van der Waals surface area contributed by atoms with Crippen LogP contribution in [0.2, 0.25) is 0 Å². The van der Waals surface area contributed by atoms with Gasteiger partial charge in [-0.1, -0.05) is 5.16 Å². The molecule has 8 heteroatoms. The molecular weight excluding hydrogens is 296 g/mol. The van der Waals surface area contributed by atoms with E-state index in [1.807, 2.05) is 0 Å². The number of hydrogen-bond donors (Lipinski definition) is 1. The van der Waals surface area contributed by atoms with Crippen LogP contribution >= 0.6 is 0 Å². The number of benzene rings is 1.